The van der Waals surface area contributed by atoms with Crippen LogP contribution in [-0.2, 0) is 4.79 Å². The molecular formula is C12H14FNO2. The van der Waals surface area contributed by atoms with Crippen LogP contribution in [0, 0.1) is 18.7 Å². The van der Waals surface area contributed by atoms with Crippen molar-refractivity contribution in [3.05, 3.63) is 35.1 Å². The quantitative estimate of drug-likeness (QED) is 0.804. The van der Waals surface area contributed by atoms with Crippen LogP contribution in [0.2, 0.25) is 0 Å². The largest absolute Gasteiger partial charge is 0.481 e. The third-order valence-electron chi connectivity index (χ3n) is 3.10. The highest BCUT2D eigenvalue weighted by Crippen LogP contribution is 2.29. The predicted molar refractivity (Wildman–Crippen MR) is 57.6 cm³/mol. The van der Waals surface area contributed by atoms with E-state index in [0.29, 0.717) is 13.0 Å². The van der Waals surface area contributed by atoms with Crippen LogP contribution in [0.1, 0.15) is 23.6 Å². The van der Waals surface area contributed by atoms with Gasteiger partial charge < -0.3 is 10.4 Å². The Hall–Kier alpha value is -1.42. The molecule has 1 aliphatic heterocycles. The molecule has 4 heteroatoms. The van der Waals surface area contributed by atoms with Gasteiger partial charge in [-0.15, -0.1) is 0 Å². The van der Waals surface area contributed by atoms with Crippen LogP contribution in [0.15, 0.2) is 18.2 Å². The first kappa shape index (κ1) is 11.1. The molecule has 2 unspecified atom stereocenters. The molecule has 0 saturated carbocycles. The molecule has 1 aromatic carbocycles. The van der Waals surface area contributed by atoms with Crippen LogP contribution in [0.4, 0.5) is 4.39 Å². The minimum atomic E-state index is -0.788. The summed E-state index contributed by atoms with van der Waals surface area (Å²) < 4.78 is 13.1. The van der Waals surface area contributed by atoms with Gasteiger partial charge in [-0.1, -0.05) is 6.07 Å². The van der Waals surface area contributed by atoms with Crippen LogP contribution < -0.4 is 5.32 Å². The highest BCUT2D eigenvalue weighted by atomic mass is 19.1. The number of hydrogen-bond acceptors (Lipinski definition) is 2. The van der Waals surface area contributed by atoms with Crippen LogP contribution in [-0.4, -0.2) is 17.6 Å². The standard InChI is InChI=1S/C12H14FNO2/c1-7-2-3-9(13)5-10(7)11-4-8(6-14-11)12(15)16/h2-3,5,8,11,14H,4,6H2,1H3,(H,15,16). The number of aryl methyl sites for hydroxylation is 1. The molecule has 0 radical (unpaired) electrons. The molecule has 2 rings (SSSR count). The van der Waals surface area contributed by atoms with Crippen molar-refractivity contribution in [2.75, 3.05) is 6.54 Å². The summed E-state index contributed by atoms with van der Waals surface area (Å²) in [6.45, 7) is 2.36. The number of carbonyl (C=O) groups is 1. The first-order valence-corrected chi connectivity index (χ1v) is 5.30. The second-order valence-corrected chi connectivity index (χ2v) is 4.23. The Balaban J connectivity index is 2.20. The number of carboxylic acids is 1. The Bertz CT molecular complexity index is 419. The van der Waals surface area contributed by atoms with Crippen molar-refractivity contribution in [1.82, 2.24) is 5.32 Å². The van der Waals surface area contributed by atoms with Gasteiger partial charge in [-0.2, -0.15) is 0 Å². The zero-order valence-electron chi connectivity index (χ0n) is 9.03. The number of hydrogen-bond donors (Lipinski definition) is 2. The molecule has 1 heterocycles. The summed E-state index contributed by atoms with van der Waals surface area (Å²) in [5.74, 6) is -1.43. The number of nitrogens with one attached hydrogen (secondary N) is 1. The summed E-state index contributed by atoms with van der Waals surface area (Å²) in [6.07, 6.45) is 0.527. The topological polar surface area (TPSA) is 49.3 Å². The Morgan fingerprint density at radius 3 is 2.94 bits per heavy atom. The van der Waals surface area contributed by atoms with Crippen molar-refractivity contribution in [3.8, 4) is 0 Å². The van der Waals surface area contributed by atoms with E-state index < -0.39 is 5.97 Å². The monoisotopic (exact) mass is 223 g/mol. The maximum absolute atomic E-state index is 13.1. The molecule has 1 saturated heterocycles. The van der Waals surface area contributed by atoms with E-state index in [1.165, 1.54) is 12.1 Å². The number of carboxylic acid groups (broad SMARTS) is 1. The van der Waals surface area contributed by atoms with Gasteiger partial charge in [0, 0.05) is 12.6 Å². The van der Waals surface area contributed by atoms with Gasteiger partial charge in [-0.05, 0) is 36.6 Å². The fourth-order valence-electron chi connectivity index (χ4n) is 2.15. The molecule has 0 spiro atoms. The number of rotatable bonds is 2. The Labute approximate surface area is 93.3 Å². The van der Waals surface area contributed by atoms with E-state index >= 15 is 0 Å². The van der Waals surface area contributed by atoms with Crippen LogP contribution in [0.3, 0.4) is 0 Å². The zero-order valence-corrected chi connectivity index (χ0v) is 9.03. The molecule has 1 fully saturated rings. The first-order chi connectivity index (χ1) is 7.58. The molecule has 16 heavy (non-hydrogen) atoms. The number of halogens is 1. The summed E-state index contributed by atoms with van der Waals surface area (Å²) in [5, 5.41) is 12.0. The van der Waals surface area contributed by atoms with Crippen LogP contribution in [0.5, 0.6) is 0 Å². The number of aliphatic carboxylic acids is 1. The molecule has 0 aromatic heterocycles. The molecule has 2 atom stereocenters. The molecule has 0 bridgehead atoms. The maximum atomic E-state index is 13.1. The number of benzene rings is 1. The van der Waals surface area contributed by atoms with Crippen molar-refractivity contribution in [2.24, 2.45) is 5.92 Å². The van der Waals surface area contributed by atoms with Gasteiger partial charge in [0.2, 0.25) is 0 Å². The summed E-state index contributed by atoms with van der Waals surface area (Å²) in [6, 6.07) is 4.58. The lowest BCUT2D eigenvalue weighted by Gasteiger charge is -2.13. The Morgan fingerprint density at radius 1 is 1.56 bits per heavy atom. The van der Waals surface area contributed by atoms with E-state index in [2.05, 4.69) is 5.32 Å². The smallest absolute Gasteiger partial charge is 0.307 e. The lowest BCUT2D eigenvalue weighted by Crippen LogP contribution is -2.17. The minimum Gasteiger partial charge on any atom is -0.481 e. The van der Waals surface area contributed by atoms with E-state index in [0.717, 1.165) is 11.1 Å². The second-order valence-electron chi connectivity index (χ2n) is 4.23. The molecule has 3 nitrogen and oxygen atoms in total. The Morgan fingerprint density at radius 2 is 2.31 bits per heavy atom. The normalized spacial score (nSPS) is 24.6. The van der Waals surface area contributed by atoms with Crippen molar-refractivity contribution < 1.29 is 14.3 Å². The van der Waals surface area contributed by atoms with Gasteiger partial charge in [0.1, 0.15) is 5.82 Å². The van der Waals surface area contributed by atoms with E-state index in [1.807, 2.05) is 6.92 Å². The summed E-state index contributed by atoms with van der Waals surface area (Å²) in [5.41, 5.74) is 1.86. The first-order valence-electron chi connectivity index (χ1n) is 5.30. The fraction of sp³-hybridized carbons (Fsp3) is 0.417. The van der Waals surface area contributed by atoms with Gasteiger partial charge in [0.15, 0.2) is 0 Å². The van der Waals surface area contributed by atoms with Crippen LogP contribution in [0.25, 0.3) is 0 Å². The van der Waals surface area contributed by atoms with E-state index in [4.69, 9.17) is 5.11 Å². The molecule has 1 aliphatic rings. The summed E-state index contributed by atoms with van der Waals surface area (Å²) >= 11 is 0. The highest BCUT2D eigenvalue weighted by molar-refractivity contribution is 5.70. The van der Waals surface area contributed by atoms with E-state index in [-0.39, 0.29) is 17.8 Å². The zero-order chi connectivity index (χ0) is 11.7. The fourth-order valence-corrected chi connectivity index (χ4v) is 2.15. The lowest BCUT2D eigenvalue weighted by atomic mass is 9.96. The molecule has 1 aromatic rings. The van der Waals surface area contributed by atoms with Gasteiger partial charge in [0.05, 0.1) is 5.92 Å². The van der Waals surface area contributed by atoms with E-state index in [9.17, 15) is 9.18 Å². The van der Waals surface area contributed by atoms with Crippen molar-refractivity contribution in [1.29, 1.82) is 0 Å². The average molecular weight is 223 g/mol. The average Bonchev–Trinajstić information content (AvgIpc) is 2.70. The second kappa shape index (κ2) is 4.22. The predicted octanol–water partition coefficient (Wildman–Crippen LogP) is 1.87. The van der Waals surface area contributed by atoms with Gasteiger partial charge in [-0.3, -0.25) is 4.79 Å². The van der Waals surface area contributed by atoms with Crippen molar-refractivity contribution in [2.45, 2.75) is 19.4 Å². The van der Waals surface area contributed by atoms with Gasteiger partial charge in [-0.25, -0.2) is 4.39 Å². The van der Waals surface area contributed by atoms with Crippen molar-refractivity contribution in [3.63, 3.8) is 0 Å². The van der Waals surface area contributed by atoms with E-state index in [1.54, 1.807) is 6.07 Å². The summed E-state index contributed by atoms with van der Waals surface area (Å²) in [7, 11) is 0. The molecule has 2 N–H and O–H groups in total. The van der Waals surface area contributed by atoms with Crippen molar-refractivity contribution >= 4 is 5.97 Å². The SMILES string of the molecule is Cc1ccc(F)cc1C1CC(C(=O)O)CN1. The molecule has 86 valence electrons. The minimum absolute atomic E-state index is 0.0446. The third-order valence-corrected chi connectivity index (χ3v) is 3.10. The van der Waals surface area contributed by atoms with Crippen LogP contribution >= 0.6 is 0 Å². The maximum Gasteiger partial charge on any atom is 0.307 e. The Kier molecular flexibility index (Phi) is 2.92. The lowest BCUT2D eigenvalue weighted by molar-refractivity contribution is -0.141. The third kappa shape index (κ3) is 2.07. The highest BCUT2D eigenvalue weighted by Gasteiger charge is 2.30. The summed E-state index contributed by atoms with van der Waals surface area (Å²) in [4.78, 5) is 10.8. The molecule has 0 amide bonds. The van der Waals surface area contributed by atoms with Gasteiger partial charge >= 0.3 is 5.97 Å². The molecule has 0 aliphatic carbocycles. The molecular weight excluding hydrogens is 209 g/mol. The van der Waals surface area contributed by atoms with Gasteiger partial charge in [0.25, 0.3) is 0 Å².